The van der Waals surface area contributed by atoms with Gasteiger partial charge in [-0.1, -0.05) is 26.2 Å². The standard InChI is InChI=1S/C26H35NO5/c1-4-5-14-31-22-10-9-20-17(2)21(25(29)32-24(20)18(22)3)15-23(28)27-13-12-26(30)11-7-6-8-19(26)16-27/h9-10,19,30H,4-8,11-16H2,1-3H3/t19-,26+/m1/s1. The summed E-state index contributed by atoms with van der Waals surface area (Å²) < 4.78 is 11.5. The van der Waals surface area contributed by atoms with E-state index in [-0.39, 0.29) is 18.2 Å². The maximum absolute atomic E-state index is 13.1. The monoisotopic (exact) mass is 441 g/mol. The Hall–Kier alpha value is -2.34. The minimum absolute atomic E-state index is 0.0308. The molecule has 1 amide bonds. The summed E-state index contributed by atoms with van der Waals surface area (Å²) in [7, 11) is 0. The zero-order valence-corrected chi connectivity index (χ0v) is 19.5. The first-order valence-corrected chi connectivity index (χ1v) is 12.0. The summed E-state index contributed by atoms with van der Waals surface area (Å²) in [6, 6.07) is 3.83. The molecule has 2 aromatic rings. The van der Waals surface area contributed by atoms with Gasteiger partial charge in [0.15, 0.2) is 0 Å². The molecular weight excluding hydrogens is 406 g/mol. The third-order valence-corrected chi connectivity index (χ3v) is 7.52. The second kappa shape index (κ2) is 9.26. The number of ether oxygens (including phenoxy) is 1. The Morgan fingerprint density at radius 3 is 2.84 bits per heavy atom. The van der Waals surface area contributed by atoms with Crippen LogP contribution in [0.3, 0.4) is 0 Å². The van der Waals surface area contributed by atoms with Crippen LogP contribution in [0.25, 0.3) is 11.0 Å². The predicted octanol–water partition coefficient (Wildman–Crippen LogP) is 4.28. The minimum atomic E-state index is -0.624. The van der Waals surface area contributed by atoms with E-state index in [0.29, 0.717) is 37.3 Å². The summed E-state index contributed by atoms with van der Waals surface area (Å²) >= 11 is 0. The molecule has 2 heterocycles. The lowest BCUT2D eigenvalue weighted by molar-refractivity contribution is -0.142. The largest absolute Gasteiger partial charge is 0.493 e. The van der Waals surface area contributed by atoms with Crippen LogP contribution in [0.4, 0.5) is 0 Å². The molecule has 2 fully saturated rings. The summed E-state index contributed by atoms with van der Waals surface area (Å²) in [5, 5.41) is 11.7. The second-order valence-corrected chi connectivity index (χ2v) is 9.57. The van der Waals surface area contributed by atoms with Gasteiger partial charge in [0.25, 0.3) is 0 Å². The number of rotatable bonds is 6. The number of nitrogens with zero attached hydrogens (tertiary/aromatic N) is 1. The zero-order valence-electron chi connectivity index (χ0n) is 19.5. The van der Waals surface area contributed by atoms with Crippen LogP contribution >= 0.6 is 0 Å². The fourth-order valence-corrected chi connectivity index (χ4v) is 5.32. The van der Waals surface area contributed by atoms with E-state index in [1.807, 2.05) is 30.9 Å². The van der Waals surface area contributed by atoms with Crippen LogP contribution in [0.15, 0.2) is 21.3 Å². The van der Waals surface area contributed by atoms with Gasteiger partial charge in [0.1, 0.15) is 11.3 Å². The van der Waals surface area contributed by atoms with Gasteiger partial charge in [-0.25, -0.2) is 4.79 Å². The average molecular weight is 442 g/mol. The van der Waals surface area contributed by atoms with Crippen molar-refractivity contribution in [1.82, 2.24) is 4.90 Å². The number of likely N-dealkylation sites (tertiary alicyclic amines) is 1. The molecular formula is C26H35NO5. The van der Waals surface area contributed by atoms with Gasteiger partial charge in [-0.3, -0.25) is 4.79 Å². The Morgan fingerprint density at radius 1 is 1.25 bits per heavy atom. The number of carbonyl (C=O) groups excluding carboxylic acids is 1. The van der Waals surface area contributed by atoms with E-state index in [2.05, 4.69) is 6.92 Å². The van der Waals surface area contributed by atoms with Gasteiger partial charge in [0, 0.05) is 30.0 Å². The molecule has 4 rings (SSSR count). The van der Waals surface area contributed by atoms with Crippen LogP contribution in [-0.2, 0) is 11.2 Å². The Balaban J connectivity index is 1.55. The van der Waals surface area contributed by atoms with Gasteiger partial charge in [-0.05, 0) is 57.2 Å². The van der Waals surface area contributed by atoms with E-state index in [0.717, 1.165) is 60.8 Å². The lowest BCUT2D eigenvalue weighted by atomic mass is 9.71. The normalized spacial score (nSPS) is 23.2. The van der Waals surface area contributed by atoms with Gasteiger partial charge in [0.05, 0.1) is 24.2 Å². The fraction of sp³-hybridized carbons (Fsp3) is 0.615. The smallest absolute Gasteiger partial charge is 0.340 e. The molecule has 1 saturated carbocycles. The molecule has 32 heavy (non-hydrogen) atoms. The molecule has 1 aromatic heterocycles. The fourth-order valence-electron chi connectivity index (χ4n) is 5.32. The van der Waals surface area contributed by atoms with Gasteiger partial charge in [-0.15, -0.1) is 0 Å². The second-order valence-electron chi connectivity index (χ2n) is 9.57. The quantitative estimate of drug-likeness (QED) is 0.534. The van der Waals surface area contributed by atoms with Crippen molar-refractivity contribution < 1.29 is 19.1 Å². The molecule has 0 bridgehead atoms. The van der Waals surface area contributed by atoms with Crippen molar-refractivity contribution in [3.63, 3.8) is 0 Å². The topological polar surface area (TPSA) is 80.0 Å². The van der Waals surface area contributed by atoms with Crippen LogP contribution in [0.1, 0.15) is 68.6 Å². The van der Waals surface area contributed by atoms with Crippen LogP contribution in [0.5, 0.6) is 5.75 Å². The van der Waals surface area contributed by atoms with Gasteiger partial charge in [-0.2, -0.15) is 0 Å². The number of carbonyl (C=O) groups is 1. The molecule has 1 N–H and O–H groups in total. The SMILES string of the molecule is CCCCOc1ccc2c(C)c(CC(=O)N3CC[C@@]4(O)CCCC[C@@H]4C3)c(=O)oc2c1C. The van der Waals surface area contributed by atoms with E-state index < -0.39 is 11.2 Å². The Labute approximate surface area is 189 Å². The molecule has 174 valence electrons. The molecule has 0 spiro atoms. The summed E-state index contributed by atoms with van der Waals surface area (Å²) in [6.07, 6.45) is 6.62. The molecule has 1 aliphatic heterocycles. The van der Waals surface area contributed by atoms with E-state index in [4.69, 9.17) is 9.15 Å². The van der Waals surface area contributed by atoms with Crippen molar-refractivity contribution >= 4 is 16.9 Å². The molecule has 0 radical (unpaired) electrons. The highest BCUT2D eigenvalue weighted by Gasteiger charge is 2.43. The molecule has 1 aromatic carbocycles. The number of fused-ring (bicyclic) bond motifs is 2. The molecule has 0 unspecified atom stereocenters. The maximum Gasteiger partial charge on any atom is 0.340 e. The highest BCUT2D eigenvalue weighted by molar-refractivity contribution is 5.87. The minimum Gasteiger partial charge on any atom is -0.493 e. The molecule has 2 aliphatic rings. The number of amides is 1. The van der Waals surface area contributed by atoms with Crippen LogP contribution in [-0.4, -0.2) is 41.2 Å². The third-order valence-electron chi connectivity index (χ3n) is 7.52. The lowest BCUT2D eigenvalue weighted by Crippen LogP contribution is -2.55. The first-order chi connectivity index (χ1) is 15.3. The third kappa shape index (κ3) is 4.29. The van der Waals surface area contributed by atoms with Gasteiger partial charge < -0.3 is 19.2 Å². The average Bonchev–Trinajstić information content (AvgIpc) is 2.78. The lowest BCUT2D eigenvalue weighted by Gasteiger charge is -2.47. The number of hydrogen-bond acceptors (Lipinski definition) is 5. The first-order valence-electron chi connectivity index (χ1n) is 12.0. The van der Waals surface area contributed by atoms with E-state index in [9.17, 15) is 14.7 Å². The van der Waals surface area contributed by atoms with Crippen molar-refractivity contribution in [3.05, 3.63) is 39.2 Å². The summed E-state index contributed by atoms with van der Waals surface area (Å²) in [5.74, 6) is 0.797. The highest BCUT2D eigenvalue weighted by atomic mass is 16.5. The summed E-state index contributed by atoms with van der Waals surface area (Å²) in [6.45, 7) is 7.64. The first kappa shape index (κ1) is 22.8. The predicted molar refractivity (Wildman–Crippen MR) is 124 cm³/mol. The highest BCUT2D eigenvalue weighted by Crippen LogP contribution is 2.40. The van der Waals surface area contributed by atoms with Crippen molar-refractivity contribution in [2.75, 3.05) is 19.7 Å². The maximum atomic E-state index is 13.1. The van der Waals surface area contributed by atoms with Crippen LogP contribution < -0.4 is 10.4 Å². The van der Waals surface area contributed by atoms with Crippen molar-refractivity contribution in [2.24, 2.45) is 5.92 Å². The summed E-state index contributed by atoms with van der Waals surface area (Å²) in [5.41, 5.74) is 1.47. The number of benzene rings is 1. The van der Waals surface area contributed by atoms with E-state index in [1.54, 1.807) is 0 Å². The number of hydrogen-bond donors (Lipinski definition) is 1. The number of aliphatic hydroxyl groups is 1. The zero-order chi connectivity index (χ0) is 22.9. The Kier molecular flexibility index (Phi) is 6.61. The van der Waals surface area contributed by atoms with Gasteiger partial charge in [0.2, 0.25) is 5.91 Å². The van der Waals surface area contributed by atoms with Crippen molar-refractivity contribution in [2.45, 2.75) is 77.7 Å². The number of unbranched alkanes of at least 4 members (excludes halogenated alkanes) is 1. The Morgan fingerprint density at radius 2 is 2.06 bits per heavy atom. The van der Waals surface area contributed by atoms with Crippen LogP contribution in [0, 0.1) is 19.8 Å². The molecule has 2 atom stereocenters. The van der Waals surface area contributed by atoms with Crippen LogP contribution in [0.2, 0.25) is 0 Å². The van der Waals surface area contributed by atoms with Gasteiger partial charge >= 0.3 is 5.63 Å². The molecule has 1 aliphatic carbocycles. The van der Waals surface area contributed by atoms with Crippen molar-refractivity contribution in [1.29, 1.82) is 0 Å². The Bertz CT molecular complexity index is 1060. The van der Waals surface area contributed by atoms with E-state index in [1.165, 1.54) is 0 Å². The molecule has 6 nitrogen and oxygen atoms in total. The summed E-state index contributed by atoms with van der Waals surface area (Å²) in [4.78, 5) is 27.8. The van der Waals surface area contributed by atoms with Crippen molar-refractivity contribution in [3.8, 4) is 5.75 Å². The molecule has 6 heteroatoms. The number of piperidine rings is 1. The number of aryl methyl sites for hydroxylation is 2. The molecule has 1 saturated heterocycles. The van der Waals surface area contributed by atoms with E-state index >= 15 is 0 Å².